The van der Waals surface area contributed by atoms with Crippen LogP contribution >= 0.6 is 0 Å². The molecule has 1 N–H and O–H groups in total. The number of rotatable bonds is 7. The maximum atomic E-state index is 5.62. The Bertz CT molecular complexity index is 175. The molecule has 0 amide bonds. The van der Waals surface area contributed by atoms with E-state index in [9.17, 15) is 0 Å². The molecular weight excluding hydrogens is 174 g/mol. The molecule has 2 aliphatic carbocycles. The van der Waals surface area contributed by atoms with Gasteiger partial charge in [0.1, 0.15) is 0 Å². The molecule has 82 valence electrons. The van der Waals surface area contributed by atoms with E-state index < -0.39 is 0 Å². The topological polar surface area (TPSA) is 21.3 Å². The summed E-state index contributed by atoms with van der Waals surface area (Å²) in [5, 5.41) is 3.43. The van der Waals surface area contributed by atoms with Gasteiger partial charge in [-0.2, -0.15) is 0 Å². The van der Waals surface area contributed by atoms with E-state index in [-0.39, 0.29) is 0 Å². The van der Waals surface area contributed by atoms with Gasteiger partial charge in [0.25, 0.3) is 0 Å². The van der Waals surface area contributed by atoms with Crippen LogP contribution in [0.5, 0.6) is 0 Å². The van der Waals surface area contributed by atoms with E-state index in [0.717, 1.165) is 11.8 Å². The highest BCUT2D eigenvalue weighted by Crippen LogP contribution is 2.38. The van der Waals surface area contributed by atoms with Gasteiger partial charge in [-0.3, -0.25) is 0 Å². The minimum Gasteiger partial charge on any atom is -0.380 e. The van der Waals surface area contributed by atoms with Gasteiger partial charge in [-0.15, -0.1) is 0 Å². The van der Waals surface area contributed by atoms with Crippen molar-refractivity contribution in [3.05, 3.63) is 0 Å². The molecule has 0 aromatic rings. The maximum Gasteiger partial charge on any atom is 0.0752 e. The summed E-state index contributed by atoms with van der Waals surface area (Å²) < 4.78 is 5.62. The molecule has 2 heteroatoms. The van der Waals surface area contributed by atoms with Gasteiger partial charge in [0.15, 0.2) is 0 Å². The molecule has 0 heterocycles. The molecule has 0 aromatic carbocycles. The van der Waals surface area contributed by atoms with E-state index in [4.69, 9.17) is 4.74 Å². The third-order valence-electron chi connectivity index (χ3n) is 3.71. The number of hydrogen-bond acceptors (Lipinski definition) is 2. The largest absolute Gasteiger partial charge is 0.380 e. The Balaban J connectivity index is 1.75. The van der Waals surface area contributed by atoms with Crippen LogP contribution in [0.3, 0.4) is 0 Å². The highest BCUT2D eigenvalue weighted by atomic mass is 16.5. The lowest BCUT2D eigenvalue weighted by atomic mass is 10.00. The molecular formula is C12H23NO. The third kappa shape index (κ3) is 2.71. The molecule has 2 fully saturated rings. The summed E-state index contributed by atoms with van der Waals surface area (Å²) >= 11 is 0. The van der Waals surface area contributed by atoms with Crippen molar-refractivity contribution >= 4 is 0 Å². The van der Waals surface area contributed by atoms with E-state index in [1.165, 1.54) is 38.5 Å². The zero-order chi connectivity index (χ0) is 9.97. The quantitative estimate of drug-likeness (QED) is 0.675. The standard InChI is InChI=1S/C12H23NO/c1-13-11(8-5-9-3-4-9)12(14-2)10-6-7-10/h9-13H,3-8H2,1-2H3. The third-order valence-corrected chi connectivity index (χ3v) is 3.71. The van der Waals surface area contributed by atoms with Gasteiger partial charge >= 0.3 is 0 Å². The molecule has 0 saturated heterocycles. The molecule has 2 saturated carbocycles. The van der Waals surface area contributed by atoms with Crippen LogP contribution in [-0.2, 0) is 4.74 Å². The summed E-state index contributed by atoms with van der Waals surface area (Å²) in [5.74, 6) is 1.89. The van der Waals surface area contributed by atoms with Crippen LogP contribution in [0.15, 0.2) is 0 Å². The van der Waals surface area contributed by atoms with E-state index in [0.29, 0.717) is 12.1 Å². The van der Waals surface area contributed by atoms with Gasteiger partial charge in [0.2, 0.25) is 0 Å². The Kier molecular flexibility index (Phi) is 3.45. The molecule has 0 bridgehead atoms. The number of likely N-dealkylation sites (N-methyl/N-ethyl adjacent to an activating group) is 1. The lowest BCUT2D eigenvalue weighted by molar-refractivity contribution is 0.0497. The summed E-state index contributed by atoms with van der Waals surface area (Å²) in [5.41, 5.74) is 0. The first-order valence-corrected chi connectivity index (χ1v) is 6.05. The van der Waals surface area contributed by atoms with Crippen molar-refractivity contribution in [1.82, 2.24) is 5.32 Å². The molecule has 2 atom stereocenters. The molecule has 0 radical (unpaired) electrons. The van der Waals surface area contributed by atoms with E-state index in [2.05, 4.69) is 12.4 Å². The van der Waals surface area contributed by atoms with E-state index in [1.54, 1.807) is 0 Å². The first kappa shape index (κ1) is 10.4. The van der Waals surface area contributed by atoms with Crippen LogP contribution in [0.25, 0.3) is 0 Å². The Hall–Kier alpha value is -0.0800. The lowest BCUT2D eigenvalue weighted by Gasteiger charge is -2.25. The van der Waals surface area contributed by atoms with Gasteiger partial charge < -0.3 is 10.1 Å². The highest BCUT2D eigenvalue weighted by Gasteiger charge is 2.36. The van der Waals surface area contributed by atoms with Crippen LogP contribution in [0.1, 0.15) is 38.5 Å². The predicted octanol–water partition coefficient (Wildman–Crippen LogP) is 2.19. The predicted molar refractivity (Wildman–Crippen MR) is 58.3 cm³/mol. The fourth-order valence-corrected chi connectivity index (χ4v) is 2.40. The van der Waals surface area contributed by atoms with Crippen molar-refractivity contribution in [2.24, 2.45) is 11.8 Å². The number of hydrogen-bond donors (Lipinski definition) is 1. The Labute approximate surface area is 87.4 Å². The highest BCUT2D eigenvalue weighted by molar-refractivity contribution is 4.90. The molecule has 2 aliphatic rings. The van der Waals surface area contributed by atoms with Crippen molar-refractivity contribution in [3.63, 3.8) is 0 Å². The summed E-state index contributed by atoms with van der Waals surface area (Å²) in [4.78, 5) is 0. The van der Waals surface area contributed by atoms with E-state index >= 15 is 0 Å². The van der Waals surface area contributed by atoms with Crippen LogP contribution < -0.4 is 5.32 Å². The minimum absolute atomic E-state index is 0.471. The smallest absolute Gasteiger partial charge is 0.0752 e. The van der Waals surface area contributed by atoms with E-state index in [1.807, 2.05) is 7.11 Å². The van der Waals surface area contributed by atoms with Crippen molar-refractivity contribution in [3.8, 4) is 0 Å². The zero-order valence-electron chi connectivity index (χ0n) is 9.46. The first-order chi connectivity index (χ1) is 6.85. The van der Waals surface area contributed by atoms with Crippen LogP contribution in [-0.4, -0.2) is 26.3 Å². The first-order valence-electron chi connectivity index (χ1n) is 6.05. The summed E-state index contributed by atoms with van der Waals surface area (Å²) in [7, 11) is 3.94. The SMILES string of the molecule is CNC(CCC1CC1)C(OC)C1CC1. The molecule has 0 spiro atoms. The van der Waals surface area contributed by atoms with Gasteiger partial charge in [0, 0.05) is 13.2 Å². The fourth-order valence-electron chi connectivity index (χ4n) is 2.40. The second-order valence-corrected chi connectivity index (χ2v) is 4.95. The Morgan fingerprint density at radius 1 is 1.29 bits per heavy atom. The molecule has 2 nitrogen and oxygen atoms in total. The molecule has 0 aliphatic heterocycles. The lowest BCUT2D eigenvalue weighted by Crippen LogP contribution is -2.40. The Morgan fingerprint density at radius 2 is 2.00 bits per heavy atom. The average Bonchev–Trinajstić information content (AvgIpc) is 3.02. The van der Waals surface area contributed by atoms with Gasteiger partial charge in [-0.05, 0) is 44.6 Å². The van der Waals surface area contributed by atoms with Gasteiger partial charge in [0.05, 0.1) is 6.10 Å². The summed E-state index contributed by atoms with van der Waals surface area (Å²) in [6.45, 7) is 0. The van der Waals surface area contributed by atoms with Gasteiger partial charge in [-0.25, -0.2) is 0 Å². The number of nitrogens with one attached hydrogen (secondary N) is 1. The second kappa shape index (κ2) is 4.63. The van der Waals surface area contributed by atoms with Crippen molar-refractivity contribution in [2.75, 3.05) is 14.2 Å². The van der Waals surface area contributed by atoms with Crippen LogP contribution in [0.2, 0.25) is 0 Å². The molecule has 14 heavy (non-hydrogen) atoms. The minimum atomic E-state index is 0.471. The van der Waals surface area contributed by atoms with Gasteiger partial charge in [-0.1, -0.05) is 12.8 Å². The van der Waals surface area contributed by atoms with Crippen molar-refractivity contribution in [2.45, 2.75) is 50.7 Å². The fraction of sp³-hybridized carbons (Fsp3) is 1.00. The number of methoxy groups -OCH3 is 1. The average molecular weight is 197 g/mol. The van der Waals surface area contributed by atoms with Crippen molar-refractivity contribution in [1.29, 1.82) is 0 Å². The monoisotopic (exact) mass is 197 g/mol. The normalized spacial score (nSPS) is 26.1. The van der Waals surface area contributed by atoms with Crippen LogP contribution in [0, 0.1) is 11.8 Å². The van der Waals surface area contributed by atoms with Crippen LogP contribution in [0.4, 0.5) is 0 Å². The Morgan fingerprint density at radius 3 is 2.43 bits per heavy atom. The number of ether oxygens (including phenoxy) is 1. The molecule has 2 rings (SSSR count). The maximum absolute atomic E-state index is 5.62. The zero-order valence-corrected chi connectivity index (χ0v) is 9.46. The summed E-state index contributed by atoms with van der Waals surface area (Å²) in [6, 6.07) is 0.591. The summed E-state index contributed by atoms with van der Waals surface area (Å²) in [6.07, 6.45) is 8.86. The van der Waals surface area contributed by atoms with Crippen molar-refractivity contribution < 1.29 is 4.74 Å². The molecule has 0 aromatic heterocycles. The second-order valence-electron chi connectivity index (χ2n) is 4.95. The molecule has 2 unspecified atom stereocenters.